The zero-order valence-corrected chi connectivity index (χ0v) is 28.1. The van der Waals surface area contributed by atoms with Crippen molar-refractivity contribution in [3.63, 3.8) is 0 Å². The van der Waals surface area contributed by atoms with E-state index in [0.717, 1.165) is 53.5 Å². The molecule has 49 heavy (non-hydrogen) atoms. The SMILES string of the molecule is C=CC[C@H](C(N)=O)[C@@H](CC1CCCC1)C(=O)NC1N=C(c2ccccc2)c2ccccc2N(Cc2cccc(-c3ccc(C)cc3)c2)C1=O. The van der Waals surface area contributed by atoms with E-state index < -0.39 is 23.9 Å². The molecule has 0 radical (unpaired) electrons. The molecule has 1 heterocycles. The summed E-state index contributed by atoms with van der Waals surface area (Å²) >= 11 is 0. The highest BCUT2D eigenvalue weighted by Crippen LogP contribution is 2.35. The minimum Gasteiger partial charge on any atom is -0.369 e. The van der Waals surface area contributed by atoms with Gasteiger partial charge in [0.2, 0.25) is 18.0 Å². The number of amides is 3. The highest BCUT2D eigenvalue weighted by molar-refractivity contribution is 6.20. The molecule has 6 rings (SSSR count). The summed E-state index contributed by atoms with van der Waals surface area (Å²) in [4.78, 5) is 48.4. The van der Waals surface area contributed by atoms with Gasteiger partial charge in [0.25, 0.3) is 5.91 Å². The molecule has 4 aromatic carbocycles. The smallest absolute Gasteiger partial charge is 0.272 e. The van der Waals surface area contributed by atoms with Crippen LogP contribution >= 0.6 is 0 Å². The molecule has 3 amide bonds. The number of aryl methyl sites for hydroxylation is 1. The van der Waals surface area contributed by atoms with Gasteiger partial charge >= 0.3 is 0 Å². The second-order valence-corrected chi connectivity index (χ2v) is 13.3. The Balaban J connectivity index is 1.39. The van der Waals surface area contributed by atoms with Gasteiger partial charge < -0.3 is 16.0 Å². The first-order valence-electron chi connectivity index (χ1n) is 17.2. The van der Waals surface area contributed by atoms with Crippen LogP contribution in [0, 0.1) is 24.7 Å². The van der Waals surface area contributed by atoms with E-state index in [0.29, 0.717) is 23.7 Å². The Morgan fingerprint density at radius 2 is 1.59 bits per heavy atom. The van der Waals surface area contributed by atoms with Crippen molar-refractivity contribution in [2.24, 2.45) is 28.5 Å². The van der Waals surface area contributed by atoms with E-state index in [2.05, 4.69) is 55.2 Å². The van der Waals surface area contributed by atoms with Gasteiger partial charge in [-0.1, -0.05) is 128 Å². The molecule has 1 aliphatic heterocycles. The summed E-state index contributed by atoms with van der Waals surface area (Å²) in [6.07, 6.45) is 5.44. The standard InChI is InChI=1S/C42H44N4O3/c1-3-12-34(39(43)47)36(26-29-13-7-8-14-29)41(48)45-40-42(49)46(27-30-15-11-18-33(25-30)31-23-21-28(2)22-24-31)37-20-10-9-19-35(37)38(44-40)32-16-5-4-6-17-32/h3-6,9-11,15-25,29,34,36,40H,1,7-8,12-14,26-27H2,2H3,(H2,43,47)(H,45,48)/t34-,36+,40?/m0/s1. The van der Waals surface area contributed by atoms with E-state index in [-0.39, 0.29) is 24.8 Å². The number of rotatable bonds is 12. The monoisotopic (exact) mass is 652 g/mol. The maximum Gasteiger partial charge on any atom is 0.272 e. The van der Waals surface area contributed by atoms with E-state index in [1.807, 2.05) is 66.7 Å². The third-order valence-electron chi connectivity index (χ3n) is 9.86. The molecule has 0 spiro atoms. The zero-order valence-electron chi connectivity index (χ0n) is 28.1. The fourth-order valence-corrected chi connectivity index (χ4v) is 7.25. The van der Waals surface area contributed by atoms with Crippen LogP contribution in [-0.2, 0) is 20.9 Å². The molecule has 1 fully saturated rings. The average molecular weight is 653 g/mol. The van der Waals surface area contributed by atoms with Crippen molar-refractivity contribution < 1.29 is 14.4 Å². The lowest BCUT2D eigenvalue weighted by Crippen LogP contribution is -2.50. The van der Waals surface area contributed by atoms with Crippen molar-refractivity contribution in [1.29, 1.82) is 0 Å². The zero-order chi connectivity index (χ0) is 34.3. The number of carbonyl (C=O) groups is 3. The number of nitrogens with one attached hydrogen (secondary N) is 1. The summed E-state index contributed by atoms with van der Waals surface area (Å²) < 4.78 is 0. The Morgan fingerprint density at radius 1 is 0.898 bits per heavy atom. The minimum absolute atomic E-state index is 0.269. The van der Waals surface area contributed by atoms with Gasteiger partial charge in [0.1, 0.15) is 0 Å². The predicted octanol–water partition coefficient (Wildman–Crippen LogP) is 7.36. The van der Waals surface area contributed by atoms with Crippen molar-refractivity contribution in [2.45, 2.75) is 58.2 Å². The molecule has 0 bridgehead atoms. The molecule has 1 saturated carbocycles. The van der Waals surface area contributed by atoms with Gasteiger partial charge in [-0.25, -0.2) is 4.99 Å². The van der Waals surface area contributed by atoms with Crippen LogP contribution < -0.4 is 16.0 Å². The highest BCUT2D eigenvalue weighted by Gasteiger charge is 2.38. The van der Waals surface area contributed by atoms with Crippen LogP contribution in [0.5, 0.6) is 0 Å². The summed E-state index contributed by atoms with van der Waals surface area (Å²) in [5, 5.41) is 3.01. The minimum atomic E-state index is -1.22. The molecule has 250 valence electrons. The third kappa shape index (κ3) is 7.72. The Bertz CT molecular complexity index is 1840. The number of benzodiazepines with no additional fused rings is 1. The largest absolute Gasteiger partial charge is 0.369 e. The maximum atomic E-state index is 14.7. The van der Waals surface area contributed by atoms with Crippen molar-refractivity contribution in [3.05, 3.63) is 138 Å². The lowest BCUT2D eigenvalue weighted by molar-refractivity contribution is -0.135. The van der Waals surface area contributed by atoms with Crippen LogP contribution in [0.25, 0.3) is 11.1 Å². The molecule has 3 N–H and O–H groups in total. The normalized spacial score (nSPS) is 17.4. The third-order valence-corrected chi connectivity index (χ3v) is 9.86. The summed E-state index contributed by atoms with van der Waals surface area (Å²) in [6.45, 7) is 6.15. The molecular weight excluding hydrogens is 608 g/mol. The summed E-state index contributed by atoms with van der Waals surface area (Å²) in [5.41, 5.74) is 13.1. The van der Waals surface area contributed by atoms with E-state index in [4.69, 9.17) is 10.7 Å². The van der Waals surface area contributed by atoms with E-state index in [1.54, 1.807) is 11.0 Å². The van der Waals surface area contributed by atoms with E-state index in [1.165, 1.54) is 5.56 Å². The van der Waals surface area contributed by atoms with Gasteiger partial charge in [0.05, 0.1) is 29.8 Å². The quantitative estimate of drug-likeness (QED) is 0.156. The number of hydrogen-bond donors (Lipinski definition) is 2. The molecule has 1 unspecified atom stereocenters. The van der Waals surface area contributed by atoms with Crippen molar-refractivity contribution in [1.82, 2.24) is 5.32 Å². The van der Waals surface area contributed by atoms with E-state index in [9.17, 15) is 14.4 Å². The molecule has 7 heteroatoms. The number of anilines is 1. The van der Waals surface area contributed by atoms with Gasteiger partial charge in [-0.15, -0.1) is 6.58 Å². The van der Waals surface area contributed by atoms with Gasteiger partial charge in [0, 0.05) is 11.1 Å². The number of primary amides is 1. The molecule has 4 aromatic rings. The molecule has 0 aromatic heterocycles. The molecule has 7 nitrogen and oxygen atoms in total. The first-order valence-corrected chi connectivity index (χ1v) is 17.2. The number of benzene rings is 4. The second-order valence-electron chi connectivity index (χ2n) is 13.3. The van der Waals surface area contributed by atoms with Gasteiger partial charge in [0.15, 0.2) is 0 Å². The van der Waals surface area contributed by atoms with Crippen LogP contribution in [0.1, 0.15) is 60.8 Å². The first kappa shape index (κ1) is 33.6. The van der Waals surface area contributed by atoms with Crippen LogP contribution in [0.2, 0.25) is 0 Å². The number of nitrogens with two attached hydrogens (primary N) is 1. The van der Waals surface area contributed by atoms with Crippen LogP contribution in [0.3, 0.4) is 0 Å². The Hall–Kier alpha value is -5.30. The lowest BCUT2D eigenvalue weighted by Gasteiger charge is -2.29. The van der Waals surface area contributed by atoms with Gasteiger partial charge in [-0.05, 0) is 54.5 Å². The predicted molar refractivity (Wildman–Crippen MR) is 196 cm³/mol. The molecule has 3 atom stereocenters. The fraction of sp³-hybridized carbons (Fsp3) is 0.286. The maximum absolute atomic E-state index is 14.7. The van der Waals surface area contributed by atoms with Gasteiger partial charge in [-0.2, -0.15) is 0 Å². The van der Waals surface area contributed by atoms with Gasteiger partial charge in [-0.3, -0.25) is 14.4 Å². The van der Waals surface area contributed by atoms with Crippen molar-refractivity contribution >= 4 is 29.1 Å². The number of para-hydroxylation sites is 1. The summed E-state index contributed by atoms with van der Waals surface area (Å²) in [6, 6.07) is 34.0. The van der Waals surface area contributed by atoms with Crippen LogP contribution in [-0.4, -0.2) is 29.6 Å². The number of hydrogen-bond acceptors (Lipinski definition) is 4. The van der Waals surface area contributed by atoms with E-state index >= 15 is 0 Å². The number of aliphatic imine (C=N–C) groups is 1. The number of nitrogens with zero attached hydrogens (tertiary/aromatic N) is 2. The highest BCUT2D eigenvalue weighted by atomic mass is 16.2. The van der Waals surface area contributed by atoms with Crippen LogP contribution in [0.15, 0.2) is 121 Å². The summed E-state index contributed by atoms with van der Waals surface area (Å²) in [5.74, 6) is -2.40. The molecule has 2 aliphatic rings. The molecule has 1 aliphatic carbocycles. The Labute approximate surface area is 288 Å². The van der Waals surface area contributed by atoms with Crippen LogP contribution in [0.4, 0.5) is 5.69 Å². The van der Waals surface area contributed by atoms with Crippen molar-refractivity contribution in [2.75, 3.05) is 4.90 Å². The Morgan fingerprint density at radius 3 is 2.31 bits per heavy atom. The molecule has 0 saturated heterocycles. The number of carbonyl (C=O) groups excluding carboxylic acids is 3. The van der Waals surface area contributed by atoms with Crippen molar-refractivity contribution in [3.8, 4) is 11.1 Å². The lowest BCUT2D eigenvalue weighted by atomic mass is 9.80. The topological polar surface area (TPSA) is 105 Å². The number of allylic oxidation sites excluding steroid dienone is 1. The first-order chi connectivity index (χ1) is 23.8. The fourth-order valence-electron chi connectivity index (χ4n) is 7.25. The molecular formula is C42H44N4O3. The second kappa shape index (κ2) is 15.3. The number of fused-ring (bicyclic) bond motifs is 1. The Kier molecular flexibility index (Phi) is 10.5. The average Bonchev–Trinajstić information content (AvgIpc) is 3.61. The summed E-state index contributed by atoms with van der Waals surface area (Å²) in [7, 11) is 0.